The Morgan fingerprint density at radius 1 is 1.11 bits per heavy atom. The minimum atomic E-state index is -0.195. The van der Waals surface area contributed by atoms with Crippen molar-refractivity contribution in [3.8, 4) is 5.75 Å². The molecule has 2 heterocycles. The predicted molar refractivity (Wildman–Crippen MR) is 103 cm³/mol. The van der Waals surface area contributed by atoms with Gasteiger partial charge in [0.25, 0.3) is 11.6 Å². The Bertz CT molecular complexity index is 1130. The van der Waals surface area contributed by atoms with E-state index < -0.39 is 0 Å². The molecule has 1 N–H and O–H groups in total. The molecule has 0 bridgehead atoms. The number of nitrogens with one attached hydrogen (secondary N) is 1. The Labute approximate surface area is 156 Å². The first kappa shape index (κ1) is 17.0. The number of aromatic nitrogens is 2. The summed E-state index contributed by atoms with van der Waals surface area (Å²) < 4.78 is 10.9. The van der Waals surface area contributed by atoms with Crippen molar-refractivity contribution in [1.29, 1.82) is 0 Å². The van der Waals surface area contributed by atoms with Crippen LogP contribution in [0, 0.1) is 13.8 Å². The summed E-state index contributed by atoms with van der Waals surface area (Å²) in [6.45, 7) is 4.37. The van der Waals surface area contributed by atoms with Crippen LogP contribution in [-0.4, -0.2) is 29.2 Å². The number of carbonyl (C=O) groups excluding carboxylic acids is 1. The summed E-state index contributed by atoms with van der Waals surface area (Å²) in [5, 5.41) is 9.71. The van der Waals surface area contributed by atoms with Gasteiger partial charge in [-0.3, -0.25) is 4.79 Å². The van der Waals surface area contributed by atoms with Gasteiger partial charge in [0.2, 0.25) is 0 Å². The van der Waals surface area contributed by atoms with Crippen LogP contribution in [0.4, 0.5) is 0 Å². The molecule has 0 aliphatic rings. The van der Waals surface area contributed by atoms with Crippen LogP contribution in [0.25, 0.3) is 21.9 Å². The third-order valence-corrected chi connectivity index (χ3v) is 4.37. The van der Waals surface area contributed by atoms with E-state index in [-0.39, 0.29) is 5.91 Å². The molecule has 27 heavy (non-hydrogen) atoms. The van der Waals surface area contributed by atoms with Crippen molar-refractivity contribution in [1.82, 2.24) is 15.5 Å². The monoisotopic (exact) mass is 361 g/mol. The fraction of sp³-hybridized carbons (Fsp3) is 0.190. The van der Waals surface area contributed by atoms with Gasteiger partial charge in [0.1, 0.15) is 12.4 Å². The fourth-order valence-corrected chi connectivity index (χ4v) is 3.08. The van der Waals surface area contributed by atoms with Crippen molar-refractivity contribution in [3.05, 3.63) is 65.5 Å². The van der Waals surface area contributed by atoms with Crippen LogP contribution in [0.15, 0.2) is 53.1 Å². The van der Waals surface area contributed by atoms with E-state index >= 15 is 0 Å². The Hall–Kier alpha value is -3.41. The number of hydrogen-bond acceptors (Lipinski definition) is 5. The lowest BCUT2D eigenvalue weighted by molar-refractivity contribution is 0.0948. The number of rotatable bonds is 5. The topological polar surface area (TPSA) is 77.2 Å². The van der Waals surface area contributed by atoms with Crippen LogP contribution < -0.4 is 10.1 Å². The van der Waals surface area contributed by atoms with E-state index in [4.69, 9.17) is 9.26 Å². The summed E-state index contributed by atoms with van der Waals surface area (Å²) in [5.74, 6) is 0.582. The Kier molecular flexibility index (Phi) is 4.46. The highest BCUT2D eigenvalue weighted by Crippen LogP contribution is 2.22. The molecule has 2 aromatic heterocycles. The third-order valence-electron chi connectivity index (χ3n) is 4.37. The number of aryl methyl sites for hydroxylation is 2. The summed E-state index contributed by atoms with van der Waals surface area (Å²) in [5.41, 5.74) is 2.25. The van der Waals surface area contributed by atoms with Gasteiger partial charge in [0.15, 0.2) is 0 Å². The lowest BCUT2D eigenvalue weighted by atomic mass is 10.1. The van der Waals surface area contributed by atoms with Gasteiger partial charge in [-0.1, -0.05) is 35.5 Å². The molecular formula is C21H19N3O3. The Balaban J connectivity index is 1.40. The highest BCUT2D eigenvalue weighted by atomic mass is 16.5. The smallest absolute Gasteiger partial charge is 0.258 e. The van der Waals surface area contributed by atoms with Crippen molar-refractivity contribution in [2.24, 2.45) is 0 Å². The van der Waals surface area contributed by atoms with Crippen molar-refractivity contribution >= 4 is 27.8 Å². The van der Waals surface area contributed by atoms with Gasteiger partial charge < -0.3 is 14.6 Å². The maximum atomic E-state index is 12.6. The van der Waals surface area contributed by atoms with Crippen molar-refractivity contribution in [2.45, 2.75) is 13.8 Å². The van der Waals surface area contributed by atoms with E-state index in [0.717, 1.165) is 11.1 Å². The molecule has 0 radical (unpaired) electrons. The molecule has 0 unspecified atom stereocenters. The van der Waals surface area contributed by atoms with Gasteiger partial charge >= 0.3 is 0 Å². The standard InChI is InChI=1S/C21H19N3O3/c1-13-11-18(19-14(2)24-27-21(19)23-13)20(25)22-9-10-26-17-8-7-15-5-3-4-6-16(15)12-17/h3-8,11-12H,9-10H2,1-2H3,(H,22,25). The number of benzene rings is 2. The van der Waals surface area contributed by atoms with Gasteiger partial charge in [-0.05, 0) is 42.8 Å². The van der Waals surface area contributed by atoms with Crippen molar-refractivity contribution in [2.75, 3.05) is 13.2 Å². The molecule has 0 atom stereocenters. The molecule has 6 heteroatoms. The summed E-state index contributed by atoms with van der Waals surface area (Å²) in [4.78, 5) is 16.8. The van der Waals surface area contributed by atoms with Gasteiger partial charge in [0.05, 0.1) is 23.2 Å². The summed E-state index contributed by atoms with van der Waals surface area (Å²) >= 11 is 0. The molecule has 0 spiro atoms. The molecule has 0 aliphatic carbocycles. The molecule has 136 valence electrons. The van der Waals surface area contributed by atoms with Gasteiger partial charge in [-0.25, -0.2) is 4.98 Å². The first-order valence-corrected chi connectivity index (χ1v) is 8.75. The minimum absolute atomic E-state index is 0.195. The minimum Gasteiger partial charge on any atom is -0.492 e. The second-order valence-corrected chi connectivity index (χ2v) is 6.37. The van der Waals surface area contributed by atoms with Gasteiger partial charge in [-0.15, -0.1) is 0 Å². The van der Waals surface area contributed by atoms with E-state index in [1.807, 2.05) is 43.3 Å². The van der Waals surface area contributed by atoms with Crippen LogP contribution in [-0.2, 0) is 0 Å². The molecule has 0 saturated heterocycles. The first-order valence-electron chi connectivity index (χ1n) is 8.75. The van der Waals surface area contributed by atoms with Crippen molar-refractivity contribution in [3.63, 3.8) is 0 Å². The maximum Gasteiger partial charge on any atom is 0.258 e. The largest absolute Gasteiger partial charge is 0.492 e. The zero-order chi connectivity index (χ0) is 18.8. The fourth-order valence-electron chi connectivity index (χ4n) is 3.08. The first-order chi connectivity index (χ1) is 13.1. The SMILES string of the molecule is Cc1cc(C(=O)NCCOc2ccc3ccccc3c2)c2c(C)noc2n1. The maximum absolute atomic E-state index is 12.6. The normalized spacial score (nSPS) is 11.0. The summed E-state index contributed by atoms with van der Waals surface area (Å²) in [6.07, 6.45) is 0. The van der Waals surface area contributed by atoms with E-state index in [9.17, 15) is 4.79 Å². The Morgan fingerprint density at radius 3 is 2.78 bits per heavy atom. The van der Waals surface area contributed by atoms with Gasteiger partial charge in [0, 0.05) is 5.69 Å². The third kappa shape index (κ3) is 3.46. The molecule has 4 aromatic rings. The molecule has 4 rings (SSSR count). The lowest BCUT2D eigenvalue weighted by Gasteiger charge is -2.09. The summed E-state index contributed by atoms with van der Waals surface area (Å²) in [7, 11) is 0. The van der Waals surface area contributed by atoms with Gasteiger partial charge in [-0.2, -0.15) is 0 Å². The predicted octanol–water partition coefficient (Wildman–Crippen LogP) is 3.80. The van der Waals surface area contributed by atoms with Crippen LogP contribution in [0.2, 0.25) is 0 Å². The number of pyridine rings is 1. The second kappa shape index (κ2) is 7.07. The number of hydrogen-bond donors (Lipinski definition) is 1. The lowest BCUT2D eigenvalue weighted by Crippen LogP contribution is -2.28. The zero-order valence-electron chi connectivity index (χ0n) is 15.2. The van der Waals surface area contributed by atoms with Crippen LogP contribution in [0.1, 0.15) is 21.7 Å². The number of fused-ring (bicyclic) bond motifs is 2. The number of nitrogens with zero attached hydrogens (tertiary/aromatic N) is 2. The molecule has 0 fully saturated rings. The van der Waals surface area contributed by atoms with Crippen LogP contribution in [0.3, 0.4) is 0 Å². The van der Waals surface area contributed by atoms with Crippen LogP contribution in [0.5, 0.6) is 5.75 Å². The number of ether oxygens (including phenoxy) is 1. The van der Waals surface area contributed by atoms with E-state index in [2.05, 4.69) is 21.5 Å². The van der Waals surface area contributed by atoms with Crippen molar-refractivity contribution < 1.29 is 14.1 Å². The highest BCUT2D eigenvalue weighted by molar-refractivity contribution is 6.06. The van der Waals surface area contributed by atoms with E-state index in [1.54, 1.807) is 13.0 Å². The molecule has 2 aromatic carbocycles. The molecular weight excluding hydrogens is 342 g/mol. The molecule has 0 aliphatic heterocycles. The highest BCUT2D eigenvalue weighted by Gasteiger charge is 2.17. The quantitative estimate of drug-likeness (QED) is 0.547. The molecule has 6 nitrogen and oxygen atoms in total. The summed E-state index contributed by atoms with van der Waals surface area (Å²) in [6, 6.07) is 15.8. The van der Waals surface area contributed by atoms with Crippen LogP contribution >= 0.6 is 0 Å². The van der Waals surface area contributed by atoms with E-state index in [0.29, 0.717) is 41.2 Å². The average Bonchev–Trinajstić information content (AvgIpc) is 3.05. The number of carbonyl (C=O) groups is 1. The molecule has 1 amide bonds. The zero-order valence-corrected chi connectivity index (χ0v) is 15.2. The Morgan fingerprint density at radius 2 is 1.93 bits per heavy atom. The molecule has 0 saturated carbocycles. The average molecular weight is 361 g/mol. The second-order valence-electron chi connectivity index (χ2n) is 6.37. The number of amides is 1. The van der Waals surface area contributed by atoms with E-state index in [1.165, 1.54) is 5.39 Å².